The molecular weight excluding hydrogens is 246 g/mol. The standard InChI is InChI=1S/C12H19N5S/c1-9-8-18-11(14-9)6-13-5-10-7-17(16-15-10)12(2,3)4/h7-8,13H,5-6H2,1-4H3. The van der Waals surface area contributed by atoms with E-state index in [0.29, 0.717) is 6.54 Å². The molecule has 2 aromatic rings. The van der Waals surface area contributed by atoms with Crippen LogP contribution in [-0.4, -0.2) is 20.0 Å². The maximum Gasteiger partial charge on any atom is 0.107 e. The number of hydrogen-bond acceptors (Lipinski definition) is 5. The van der Waals surface area contributed by atoms with Crippen molar-refractivity contribution in [1.29, 1.82) is 0 Å². The molecule has 2 rings (SSSR count). The molecule has 0 saturated heterocycles. The van der Waals surface area contributed by atoms with Gasteiger partial charge in [-0.05, 0) is 27.7 Å². The molecular formula is C12H19N5S. The second-order valence-corrected chi connectivity index (χ2v) is 6.25. The maximum atomic E-state index is 4.40. The van der Waals surface area contributed by atoms with Crippen molar-refractivity contribution in [2.45, 2.75) is 46.3 Å². The number of hydrogen-bond donors (Lipinski definition) is 1. The van der Waals surface area contributed by atoms with Gasteiger partial charge in [0.25, 0.3) is 0 Å². The van der Waals surface area contributed by atoms with Gasteiger partial charge in [-0.1, -0.05) is 5.21 Å². The van der Waals surface area contributed by atoms with E-state index in [0.717, 1.165) is 22.9 Å². The molecule has 1 N–H and O–H groups in total. The first-order valence-electron chi connectivity index (χ1n) is 5.98. The third-order valence-electron chi connectivity index (χ3n) is 2.48. The molecule has 0 aromatic carbocycles. The van der Waals surface area contributed by atoms with Gasteiger partial charge in [-0.2, -0.15) is 0 Å². The van der Waals surface area contributed by atoms with Crippen LogP contribution >= 0.6 is 11.3 Å². The van der Waals surface area contributed by atoms with Crippen molar-refractivity contribution in [3.05, 3.63) is 28.0 Å². The summed E-state index contributed by atoms with van der Waals surface area (Å²) in [6.07, 6.45) is 1.99. The molecule has 0 radical (unpaired) electrons. The fourth-order valence-electron chi connectivity index (χ4n) is 1.49. The molecule has 0 atom stereocenters. The largest absolute Gasteiger partial charge is 0.305 e. The fraction of sp³-hybridized carbons (Fsp3) is 0.583. The average molecular weight is 265 g/mol. The summed E-state index contributed by atoms with van der Waals surface area (Å²) in [5.74, 6) is 0. The molecule has 0 aliphatic carbocycles. The lowest BCUT2D eigenvalue weighted by Crippen LogP contribution is -2.22. The van der Waals surface area contributed by atoms with Gasteiger partial charge in [0.1, 0.15) is 5.01 Å². The van der Waals surface area contributed by atoms with Crippen molar-refractivity contribution < 1.29 is 0 Å². The first-order chi connectivity index (χ1) is 8.45. The molecule has 6 heteroatoms. The summed E-state index contributed by atoms with van der Waals surface area (Å²) in [6, 6.07) is 0. The lowest BCUT2D eigenvalue weighted by atomic mass is 10.1. The molecule has 0 fully saturated rings. The van der Waals surface area contributed by atoms with Gasteiger partial charge in [-0.3, -0.25) is 0 Å². The van der Waals surface area contributed by atoms with Gasteiger partial charge in [0, 0.05) is 24.2 Å². The summed E-state index contributed by atoms with van der Waals surface area (Å²) in [7, 11) is 0. The SMILES string of the molecule is Cc1csc(CNCc2cn(C(C)(C)C)nn2)n1. The van der Waals surface area contributed by atoms with Crippen molar-refractivity contribution in [3.63, 3.8) is 0 Å². The minimum Gasteiger partial charge on any atom is -0.305 e. The smallest absolute Gasteiger partial charge is 0.107 e. The van der Waals surface area contributed by atoms with Gasteiger partial charge in [0.2, 0.25) is 0 Å². The molecule has 0 bridgehead atoms. The van der Waals surface area contributed by atoms with Crippen LogP contribution in [0.5, 0.6) is 0 Å². The molecule has 0 spiro atoms. The highest BCUT2D eigenvalue weighted by Crippen LogP contribution is 2.12. The molecule has 0 amide bonds. The average Bonchev–Trinajstić information content (AvgIpc) is 2.87. The van der Waals surface area contributed by atoms with E-state index in [4.69, 9.17) is 0 Å². The van der Waals surface area contributed by atoms with Gasteiger partial charge < -0.3 is 5.32 Å². The van der Waals surface area contributed by atoms with E-state index >= 15 is 0 Å². The van der Waals surface area contributed by atoms with Crippen LogP contribution in [0, 0.1) is 6.92 Å². The summed E-state index contributed by atoms with van der Waals surface area (Å²) in [6.45, 7) is 9.83. The number of rotatable bonds is 4. The Labute approximate surface area is 111 Å². The third-order valence-corrected chi connectivity index (χ3v) is 3.44. The Morgan fingerprint density at radius 2 is 2.11 bits per heavy atom. The molecule has 0 aliphatic rings. The van der Waals surface area contributed by atoms with Crippen molar-refractivity contribution >= 4 is 11.3 Å². The second kappa shape index (κ2) is 5.16. The molecule has 0 aliphatic heterocycles. The van der Waals surface area contributed by atoms with Crippen LogP contribution in [-0.2, 0) is 18.6 Å². The van der Waals surface area contributed by atoms with Crippen LogP contribution in [0.4, 0.5) is 0 Å². The van der Waals surface area contributed by atoms with Gasteiger partial charge >= 0.3 is 0 Å². The number of nitrogens with zero attached hydrogens (tertiary/aromatic N) is 4. The van der Waals surface area contributed by atoms with Crippen LogP contribution in [0.3, 0.4) is 0 Å². The highest BCUT2D eigenvalue weighted by Gasteiger charge is 2.14. The number of thiazole rings is 1. The number of aryl methyl sites for hydroxylation is 1. The molecule has 5 nitrogen and oxygen atoms in total. The second-order valence-electron chi connectivity index (χ2n) is 5.31. The van der Waals surface area contributed by atoms with Crippen LogP contribution < -0.4 is 5.32 Å². The van der Waals surface area contributed by atoms with Crippen LogP contribution in [0.2, 0.25) is 0 Å². The predicted octanol–water partition coefficient (Wildman–Crippen LogP) is 2.09. The first-order valence-corrected chi connectivity index (χ1v) is 6.86. The van der Waals surface area contributed by atoms with Crippen LogP contribution in [0.15, 0.2) is 11.6 Å². The Balaban J connectivity index is 1.85. The summed E-state index contributed by atoms with van der Waals surface area (Å²) in [5.41, 5.74) is 2.02. The molecule has 2 heterocycles. The number of nitrogens with one attached hydrogen (secondary N) is 1. The summed E-state index contributed by atoms with van der Waals surface area (Å²) < 4.78 is 1.89. The van der Waals surface area contributed by atoms with Gasteiger partial charge in [0.15, 0.2) is 0 Å². The Bertz CT molecular complexity index is 509. The minimum atomic E-state index is -0.0162. The zero-order valence-corrected chi connectivity index (χ0v) is 12.1. The monoisotopic (exact) mass is 265 g/mol. The van der Waals surface area contributed by atoms with E-state index < -0.39 is 0 Å². The maximum absolute atomic E-state index is 4.40. The quantitative estimate of drug-likeness (QED) is 0.919. The van der Waals surface area contributed by atoms with Gasteiger partial charge in [0.05, 0.1) is 17.4 Å². The van der Waals surface area contributed by atoms with Gasteiger partial charge in [-0.25, -0.2) is 9.67 Å². The molecule has 0 saturated carbocycles. The van der Waals surface area contributed by atoms with E-state index in [1.807, 2.05) is 17.8 Å². The Hall–Kier alpha value is -1.27. The summed E-state index contributed by atoms with van der Waals surface area (Å²) in [4.78, 5) is 4.40. The Morgan fingerprint density at radius 1 is 1.33 bits per heavy atom. The van der Waals surface area contributed by atoms with Crippen molar-refractivity contribution in [1.82, 2.24) is 25.3 Å². The summed E-state index contributed by atoms with van der Waals surface area (Å²) >= 11 is 1.68. The third kappa shape index (κ3) is 3.36. The van der Waals surface area contributed by atoms with Gasteiger partial charge in [-0.15, -0.1) is 16.4 Å². The van der Waals surface area contributed by atoms with Crippen molar-refractivity contribution in [2.75, 3.05) is 0 Å². The molecule has 18 heavy (non-hydrogen) atoms. The number of aromatic nitrogens is 4. The Kier molecular flexibility index (Phi) is 3.77. The normalized spacial score (nSPS) is 12.0. The Morgan fingerprint density at radius 3 is 2.67 bits per heavy atom. The van der Waals surface area contributed by atoms with Crippen molar-refractivity contribution in [3.8, 4) is 0 Å². The predicted molar refractivity (Wildman–Crippen MR) is 72.4 cm³/mol. The van der Waals surface area contributed by atoms with E-state index in [1.165, 1.54) is 0 Å². The zero-order valence-electron chi connectivity index (χ0n) is 11.3. The highest BCUT2D eigenvalue weighted by atomic mass is 32.1. The molecule has 2 aromatic heterocycles. The van der Waals surface area contributed by atoms with Crippen molar-refractivity contribution in [2.24, 2.45) is 0 Å². The van der Waals surface area contributed by atoms with E-state index in [-0.39, 0.29) is 5.54 Å². The summed E-state index contributed by atoms with van der Waals surface area (Å²) in [5, 5.41) is 14.8. The molecule has 0 unspecified atom stereocenters. The van der Waals surface area contributed by atoms with Crippen LogP contribution in [0.1, 0.15) is 37.2 Å². The topological polar surface area (TPSA) is 55.6 Å². The van der Waals surface area contributed by atoms with E-state index in [9.17, 15) is 0 Å². The molecule has 98 valence electrons. The lowest BCUT2D eigenvalue weighted by molar-refractivity contribution is 0.347. The van der Waals surface area contributed by atoms with Crippen LogP contribution in [0.25, 0.3) is 0 Å². The van der Waals surface area contributed by atoms with E-state index in [1.54, 1.807) is 11.3 Å². The van der Waals surface area contributed by atoms with E-state index in [2.05, 4.69) is 46.8 Å². The fourth-order valence-corrected chi connectivity index (χ4v) is 2.23. The minimum absolute atomic E-state index is 0.0162. The zero-order chi connectivity index (χ0) is 13.2. The lowest BCUT2D eigenvalue weighted by Gasteiger charge is -2.17. The first kappa shape index (κ1) is 13.2. The highest BCUT2D eigenvalue weighted by molar-refractivity contribution is 7.09.